The third kappa shape index (κ3) is 5.07. The van der Waals surface area contributed by atoms with Gasteiger partial charge in [-0.05, 0) is 39.2 Å². The van der Waals surface area contributed by atoms with E-state index in [0.29, 0.717) is 17.9 Å². The number of nitrogens with zero attached hydrogens (tertiary/aromatic N) is 1. The number of carbonyl (C=O) groups excluding carboxylic acids is 1. The first-order valence-corrected chi connectivity index (χ1v) is 7.12. The Morgan fingerprint density at radius 3 is 2.88 bits per heavy atom. The number of amides is 1. The van der Waals surface area contributed by atoms with Gasteiger partial charge in [0, 0.05) is 25.6 Å². The lowest BCUT2D eigenvalue weighted by Crippen LogP contribution is -2.27. The van der Waals surface area contributed by atoms with Crippen LogP contribution in [0.15, 0.2) is 0 Å². The molecular formula is C14H28N2O. The van der Waals surface area contributed by atoms with Gasteiger partial charge in [-0.2, -0.15) is 0 Å². The second-order valence-electron chi connectivity index (χ2n) is 5.38. The molecule has 1 fully saturated rings. The SMILES string of the molecule is CCCC1CC(=O)N(CCCCC(C)NC)C1. The van der Waals surface area contributed by atoms with Crippen LogP contribution in [0.4, 0.5) is 0 Å². The third-order valence-corrected chi connectivity index (χ3v) is 3.80. The fourth-order valence-electron chi connectivity index (χ4n) is 2.57. The number of nitrogens with one attached hydrogen (secondary N) is 1. The molecule has 1 amide bonds. The van der Waals surface area contributed by atoms with Gasteiger partial charge in [0.1, 0.15) is 0 Å². The maximum Gasteiger partial charge on any atom is 0.222 e. The summed E-state index contributed by atoms with van der Waals surface area (Å²) < 4.78 is 0. The normalized spacial score (nSPS) is 22.2. The Morgan fingerprint density at radius 1 is 1.47 bits per heavy atom. The fraction of sp³-hybridized carbons (Fsp3) is 0.929. The Kier molecular flexibility index (Phi) is 6.56. The van der Waals surface area contributed by atoms with Crippen molar-refractivity contribution in [3.8, 4) is 0 Å². The van der Waals surface area contributed by atoms with Crippen LogP contribution < -0.4 is 5.32 Å². The average molecular weight is 240 g/mol. The van der Waals surface area contributed by atoms with E-state index in [1.54, 1.807) is 0 Å². The summed E-state index contributed by atoms with van der Waals surface area (Å²) in [6.07, 6.45) is 6.77. The van der Waals surface area contributed by atoms with Gasteiger partial charge in [-0.3, -0.25) is 4.79 Å². The molecule has 1 heterocycles. The highest BCUT2D eigenvalue weighted by atomic mass is 16.2. The van der Waals surface area contributed by atoms with Gasteiger partial charge in [0.25, 0.3) is 0 Å². The van der Waals surface area contributed by atoms with Crippen LogP contribution in [0.2, 0.25) is 0 Å². The van der Waals surface area contributed by atoms with Crippen molar-refractivity contribution in [3.05, 3.63) is 0 Å². The van der Waals surface area contributed by atoms with Gasteiger partial charge in [0.15, 0.2) is 0 Å². The summed E-state index contributed by atoms with van der Waals surface area (Å²) in [5, 5.41) is 3.25. The molecule has 2 atom stereocenters. The van der Waals surface area contributed by atoms with Crippen LogP contribution in [0.25, 0.3) is 0 Å². The van der Waals surface area contributed by atoms with E-state index in [2.05, 4.69) is 24.1 Å². The molecule has 0 aromatic carbocycles. The highest BCUT2D eigenvalue weighted by molar-refractivity contribution is 5.78. The van der Waals surface area contributed by atoms with Crippen molar-refractivity contribution in [2.24, 2.45) is 5.92 Å². The lowest BCUT2D eigenvalue weighted by molar-refractivity contribution is -0.127. The minimum absolute atomic E-state index is 0.380. The lowest BCUT2D eigenvalue weighted by Gasteiger charge is -2.17. The Bertz CT molecular complexity index is 230. The van der Waals surface area contributed by atoms with Crippen molar-refractivity contribution in [2.45, 2.75) is 58.4 Å². The van der Waals surface area contributed by atoms with Crippen LogP contribution >= 0.6 is 0 Å². The van der Waals surface area contributed by atoms with Crippen molar-refractivity contribution in [2.75, 3.05) is 20.1 Å². The monoisotopic (exact) mass is 240 g/mol. The number of hydrogen-bond acceptors (Lipinski definition) is 2. The van der Waals surface area contributed by atoms with Crippen molar-refractivity contribution in [3.63, 3.8) is 0 Å². The van der Waals surface area contributed by atoms with Gasteiger partial charge in [-0.15, -0.1) is 0 Å². The van der Waals surface area contributed by atoms with E-state index in [0.717, 1.165) is 25.9 Å². The quantitative estimate of drug-likeness (QED) is 0.661. The van der Waals surface area contributed by atoms with E-state index in [9.17, 15) is 4.79 Å². The molecule has 1 saturated heterocycles. The first-order valence-electron chi connectivity index (χ1n) is 7.12. The predicted molar refractivity (Wildman–Crippen MR) is 72.0 cm³/mol. The summed E-state index contributed by atoms with van der Waals surface area (Å²) in [6.45, 7) is 6.38. The molecule has 0 spiro atoms. The van der Waals surface area contributed by atoms with E-state index in [-0.39, 0.29) is 0 Å². The number of unbranched alkanes of at least 4 members (excludes halogenated alkanes) is 1. The van der Waals surface area contributed by atoms with E-state index < -0.39 is 0 Å². The molecule has 100 valence electrons. The second-order valence-corrected chi connectivity index (χ2v) is 5.38. The number of rotatable bonds is 8. The molecule has 3 nitrogen and oxygen atoms in total. The highest BCUT2D eigenvalue weighted by Crippen LogP contribution is 2.22. The largest absolute Gasteiger partial charge is 0.342 e. The Hall–Kier alpha value is -0.570. The second kappa shape index (κ2) is 7.70. The van der Waals surface area contributed by atoms with Crippen molar-refractivity contribution in [1.29, 1.82) is 0 Å². The van der Waals surface area contributed by atoms with Gasteiger partial charge in [-0.1, -0.05) is 19.8 Å². The smallest absolute Gasteiger partial charge is 0.222 e. The zero-order valence-corrected chi connectivity index (χ0v) is 11.7. The van der Waals surface area contributed by atoms with E-state index in [4.69, 9.17) is 0 Å². The van der Waals surface area contributed by atoms with Gasteiger partial charge >= 0.3 is 0 Å². The standard InChI is InChI=1S/C14H28N2O/c1-4-7-13-10-14(17)16(11-13)9-6-5-8-12(2)15-3/h12-13,15H,4-11H2,1-3H3. The molecule has 0 aromatic heterocycles. The molecule has 0 aromatic rings. The average Bonchev–Trinajstić information content (AvgIpc) is 2.65. The zero-order valence-electron chi connectivity index (χ0n) is 11.7. The topological polar surface area (TPSA) is 32.3 Å². The summed E-state index contributed by atoms with van der Waals surface area (Å²) in [5.74, 6) is 1.01. The molecule has 1 rings (SSSR count). The molecule has 3 heteroatoms. The molecular weight excluding hydrogens is 212 g/mol. The van der Waals surface area contributed by atoms with E-state index in [1.807, 2.05) is 7.05 Å². The molecule has 1 aliphatic rings. The summed E-state index contributed by atoms with van der Waals surface area (Å²) in [6, 6.07) is 0.595. The lowest BCUT2D eigenvalue weighted by atomic mass is 10.0. The van der Waals surface area contributed by atoms with Crippen molar-refractivity contribution in [1.82, 2.24) is 10.2 Å². The highest BCUT2D eigenvalue weighted by Gasteiger charge is 2.27. The van der Waals surface area contributed by atoms with Crippen molar-refractivity contribution >= 4 is 5.91 Å². The maximum absolute atomic E-state index is 11.8. The van der Waals surface area contributed by atoms with Gasteiger partial charge < -0.3 is 10.2 Å². The summed E-state index contributed by atoms with van der Waals surface area (Å²) in [4.78, 5) is 13.8. The molecule has 17 heavy (non-hydrogen) atoms. The Labute approximate surface area is 106 Å². The van der Waals surface area contributed by atoms with E-state index in [1.165, 1.54) is 25.7 Å². The first kappa shape index (κ1) is 14.5. The maximum atomic E-state index is 11.8. The van der Waals surface area contributed by atoms with Crippen LogP contribution in [0, 0.1) is 5.92 Å². The van der Waals surface area contributed by atoms with Crippen LogP contribution in [-0.2, 0) is 4.79 Å². The van der Waals surface area contributed by atoms with E-state index >= 15 is 0 Å². The van der Waals surface area contributed by atoms with Gasteiger partial charge in [0.05, 0.1) is 0 Å². The van der Waals surface area contributed by atoms with Gasteiger partial charge in [0.2, 0.25) is 5.91 Å². The minimum atomic E-state index is 0.380. The molecule has 0 radical (unpaired) electrons. The molecule has 0 aliphatic carbocycles. The van der Waals surface area contributed by atoms with Crippen LogP contribution in [0.5, 0.6) is 0 Å². The predicted octanol–water partition coefficient (Wildman–Crippen LogP) is 2.41. The summed E-state index contributed by atoms with van der Waals surface area (Å²) in [7, 11) is 2.00. The third-order valence-electron chi connectivity index (χ3n) is 3.80. The number of carbonyl (C=O) groups is 1. The first-order chi connectivity index (χ1) is 8.17. The van der Waals surface area contributed by atoms with Crippen molar-refractivity contribution < 1.29 is 4.79 Å². The molecule has 1 N–H and O–H groups in total. The number of hydrogen-bond donors (Lipinski definition) is 1. The number of likely N-dealkylation sites (tertiary alicyclic amines) is 1. The molecule has 2 unspecified atom stereocenters. The molecule has 1 aliphatic heterocycles. The minimum Gasteiger partial charge on any atom is -0.342 e. The zero-order chi connectivity index (χ0) is 12.7. The fourth-order valence-corrected chi connectivity index (χ4v) is 2.57. The summed E-state index contributed by atoms with van der Waals surface area (Å²) >= 11 is 0. The van der Waals surface area contributed by atoms with Gasteiger partial charge in [-0.25, -0.2) is 0 Å². The Balaban J connectivity index is 2.13. The summed E-state index contributed by atoms with van der Waals surface area (Å²) in [5.41, 5.74) is 0. The Morgan fingerprint density at radius 2 is 2.24 bits per heavy atom. The van der Waals surface area contributed by atoms with Crippen LogP contribution in [0.3, 0.4) is 0 Å². The van der Waals surface area contributed by atoms with Crippen LogP contribution in [-0.4, -0.2) is 37.0 Å². The molecule has 0 bridgehead atoms. The van der Waals surface area contributed by atoms with Crippen LogP contribution in [0.1, 0.15) is 52.4 Å². The molecule has 0 saturated carbocycles.